The van der Waals surface area contributed by atoms with Crippen molar-refractivity contribution in [1.82, 2.24) is 4.98 Å². The zero-order valence-electron chi connectivity index (χ0n) is 8.78. The van der Waals surface area contributed by atoms with E-state index in [0.29, 0.717) is 4.90 Å². The molecule has 1 aromatic heterocycles. The summed E-state index contributed by atoms with van der Waals surface area (Å²) in [6.07, 6.45) is 1.65. The Morgan fingerprint density at radius 1 is 1.06 bits per heavy atom. The predicted molar refractivity (Wildman–Crippen MR) is 66.2 cm³/mol. The third kappa shape index (κ3) is 3.06. The Morgan fingerprint density at radius 2 is 1.76 bits per heavy atom. The van der Waals surface area contributed by atoms with Gasteiger partial charge in [-0.2, -0.15) is 0 Å². The van der Waals surface area contributed by atoms with E-state index >= 15 is 0 Å². The molecular weight excluding hydrogens is 256 g/mol. The van der Waals surface area contributed by atoms with Gasteiger partial charge < -0.3 is 0 Å². The molecule has 0 saturated carbocycles. The molecule has 2 aromatic rings. The largest absolute Gasteiger partial charge is 0.250 e. The van der Waals surface area contributed by atoms with Gasteiger partial charge in [-0.3, -0.25) is 0 Å². The number of primary sulfonamides is 1. The standard InChI is InChI=1S/C11H10N2O2S2/c12-17(14,15)10-6-2-1-5-9(10)16-11-7-3-4-8-13-11/h1-8H,(H2,12,14,15). The first-order chi connectivity index (χ1) is 8.07. The molecule has 2 rings (SSSR count). The topological polar surface area (TPSA) is 73.1 Å². The van der Waals surface area contributed by atoms with Crippen LogP contribution in [0.3, 0.4) is 0 Å². The van der Waals surface area contributed by atoms with E-state index in [4.69, 9.17) is 5.14 Å². The fraction of sp³-hybridized carbons (Fsp3) is 0. The van der Waals surface area contributed by atoms with Crippen LogP contribution in [0.5, 0.6) is 0 Å². The Morgan fingerprint density at radius 3 is 2.41 bits per heavy atom. The zero-order chi connectivity index (χ0) is 12.3. The molecule has 0 aliphatic carbocycles. The van der Waals surface area contributed by atoms with E-state index in [1.807, 2.05) is 12.1 Å². The number of rotatable bonds is 3. The smallest absolute Gasteiger partial charge is 0.239 e. The van der Waals surface area contributed by atoms with Gasteiger partial charge in [-0.25, -0.2) is 18.5 Å². The van der Waals surface area contributed by atoms with Crippen LogP contribution in [0.25, 0.3) is 0 Å². The average molecular weight is 266 g/mol. The molecule has 4 nitrogen and oxygen atoms in total. The highest BCUT2D eigenvalue weighted by molar-refractivity contribution is 8.00. The van der Waals surface area contributed by atoms with Crippen molar-refractivity contribution in [2.45, 2.75) is 14.8 Å². The van der Waals surface area contributed by atoms with Crippen molar-refractivity contribution in [1.29, 1.82) is 0 Å². The van der Waals surface area contributed by atoms with E-state index in [2.05, 4.69) is 4.98 Å². The van der Waals surface area contributed by atoms with Crippen LogP contribution in [-0.2, 0) is 10.0 Å². The molecule has 0 saturated heterocycles. The van der Waals surface area contributed by atoms with Gasteiger partial charge in [0.25, 0.3) is 0 Å². The van der Waals surface area contributed by atoms with E-state index in [9.17, 15) is 8.42 Å². The first-order valence-electron chi connectivity index (χ1n) is 4.78. The van der Waals surface area contributed by atoms with E-state index in [-0.39, 0.29) is 4.90 Å². The highest BCUT2D eigenvalue weighted by Crippen LogP contribution is 2.30. The van der Waals surface area contributed by atoms with E-state index in [0.717, 1.165) is 5.03 Å². The van der Waals surface area contributed by atoms with Gasteiger partial charge in [-0.05, 0) is 24.3 Å². The minimum atomic E-state index is -3.70. The molecule has 0 spiro atoms. The highest BCUT2D eigenvalue weighted by atomic mass is 32.2. The lowest BCUT2D eigenvalue weighted by atomic mass is 10.4. The van der Waals surface area contributed by atoms with Crippen LogP contribution in [0.1, 0.15) is 0 Å². The zero-order valence-corrected chi connectivity index (χ0v) is 10.4. The van der Waals surface area contributed by atoms with Crippen LogP contribution in [0, 0.1) is 0 Å². The average Bonchev–Trinajstić information content (AvgIpc) is 2.30. The Bertz CT molecular complexity index is 612. The van der Waals surface area contributed by atoms with Crippen molar-refractivity contribution in [2.24, 2.45) is 5.14 Å². The molecule has 0 unspecified atom stereocenters. The Labute approximate surface area is 104 Å². The van der Waals surface area contributed by atoms with Crippen LogP contribution in [0.15, 0.2) is 63.5 Å². The van der Waals surface area contributed by atoms with Crippen molar-refractivity contribution < 1.29 is 8.42 Å². The number of sulfonamides is 1. The molecule has 0 aliphatic heterocycles. The molecule has 0 atom stereocenters. The van der Waals surface area contributed by atoms with Crippen molar-refractivity contribution >= 4 is 21.8 Å². The molecule has 6 heteroatoms. The minimum absolute atomic E-state index is 0.121. The highest BCUT2D eigenvalue weighted by Gasteiger charge is 2.14. The van der Waals surface area contributed by atoms with Gasteiger partial charge in [0.15, 0.2) is 0 Å². The predicted octanol–water partition coefficient (Wildman–Crippen LogP) is 1.88. The van der Waals surface area contributed by atoms with Gasteiger partial charge in [0.05, 0.1) is 4.90 Å². The maximum absolute atomic E-state index is 11.4. The number of nitrogens with zero attached hydrogens (tertiary/aromatic N) is 1. The molecule has 88 valence electrons. The molecule has 0 amide bonds. The molecule has 0 radical (unpaired) electrons. The molecular formula is C11H10N2O2S2. The number of benzene rings is 1. The molecule has 1 heterocycles. The van der Waals surface area contributed by atoms with Gasteiger partial charge in [0.1, 0.15) is 5.03 Å². The maximum Gasteiger partial charge on any atom is 0.239 e. The van der Waals surface area contributed by atoms with Crippen LogP contribution in [0.4, 0.5) is 0 Å². The summed E-state index contributed by atoms with van der Waals surface area (Å²) < 4.78 is 22.8. The van der Waals surface area contributed by atoms with Gasteiger partial charge >= 0.3 is 0 Å². The molecule has 2 N–H and O–H groups in total. The second-order valence-electron chi connectivity index (χ2n) is 3.26. The lowest BCUT2D eigenvalue weighted by Gasteiger charge is -2.05. The summed E-state index contributed by atoms with van der Waals surface area (Å²) in [5, 5.41) is 5.88. The van der Waals surface area contributed by atoms with Crippen LogP contribution < -0.4 is 5.14 Å². The lowest BCUT2D eigenvalue weighted by molar-refractivity contribution is 0.596. The summed E-state index contributed by atoms with van der Waals surface area (Å²) in [7, 11) is -3.70. The quantitative estimate of drug-likeness (QED) is 0.920. The number of nitrogens with two attached hydrogens (primary N) is 1. The van der Waals surface area contributed by atoms with Crippen LogP contribution in [0.2, 0.25) is 0 Å². The van der Waals surface area contributed by atoms with Gasteiger partial charge in [-0.1, -0.05) is 30.0 Å². The summed E-state index contributed by atoms with van der Waals surface area (Å²) in [4.78, 5) is 4.82. The summed E-state index contributed by atoms with van der Waals surface area (Å²) >= 11 is 1.27. The first-order valence-corrected chi connectivity index (χ1v) is 7.14. The second-order valence-corrected chi connectivity index (χ2v) is 5.85. The van der Waals surface area contributed by atoms with Crippen LogP contribution >= 0.6 is 11.8 Å². The Hall–Kier alpha value is -1.37. The van der Waals surface area contributed by atoms with Crippen molar-refractivity contribution in [3.8, 4) is 0 Å². The molecule has 0 fully saturated rings. The summed E-state index contributed by atoms with van der Waals surface area (Å²) in [5.41, 5.74) is 0. The maximum atomic E-state index is 11.4. The molecule has 0 bridgehead atoms. The molecule has 1 aromatic carbocycles. The van der Waals surface area contributed by atoms with E-state index < -0.39 is 10.0 Å². The van der Waals surface area contributed by atoms with Crippen molar-refractivity contribution in [2.75, 3.05) is 0 Å². The fourth-order valence-electron chi connectivity index (χ4n) is 1.29. The van der Waals surface area contributed by atoms with Gasteiger partial charge in [-0.15, -0.1) is 0 Å². The van der Waals surface area contributed by atoms with Gasteiger partial charge in [0, 0.05) is 11.1 Å². The number of hydrogen-bond donors (Lipinski definition) is 1. The second kappa shape index (κ2) is 4.87. The fourth-order valence-corrected chi connectivity index (χ4v) is 3.18. The van der Waals surface area contributed by atoms with E-state index in [1.54, 1.807) is 30.5 Å². The van der Waals surface area contributed by atoms with Gasteiger partial charge in [0.2, 0.25) is 10.0 Å². The summed E-state index contributed by atoms with van der Waals surface area (Å²) in [6.45, 7) is 0. The monoisotopic (exact) mass is 266 g/mol. The number of pyridine rings is 1. The third-order valence-corrected chi connectivity index (χ3v) is 4.13. The van der Waals surface area contributed by atoms with Crippen molar-refractivity contribution in [3.63, 3.8) is 0 Å². The summed E-state index contributed by atoms with van der Waals surface area (Å²) in [5.74, 6) is 0. The minimum Gasteiger partial charge on any atom is -0.250 e. The first kappa shape index (κ1) is 12.1. The molecule has 17 heavy (non-hydrogen) atoms. The van der Waals surface area contributed by atoms with E-state index in [1.165, 1.54) is 17.8 Å². The molecule has 0 aliphatic rings. The summed E-state index contributed by atoms with van der Waals surface area (Å²) in [6, 6.07) is 12.1. The number of hydrogen-bond acceptors (Lipinski definition) is 4. The normalized spacial score (nSPS) is 11.4. The SMILES string of the molecule is NS(=O)(=O)c1ccccc1Sc1ccccn1. The van der Waals surface area contributed by atoms with Crippen LogP contribution in [-0.4, -0.2) is 13.4 Å². The third-order valence-electron chi connectivity index (χ3n) is 2.01. The lowest BCUT2D eigenvalue weighted by Crippen LogP contribution is -2.13. The van der Waals surface area contributed by atoms with Crippen molar-refractivity contribution in [3.05, 3.63) is 48.7 Å². The Kier molecular flexibility index (Phi) is 3.46. The number of aromatic nitrogens is 1. The Balaban J connectivity index is 2.41.